The molecule has 0 saturated carbocycles. The number of halogens is 6. The van der Waals surface area contributed by atoms with Gasteiger partial charge < -0.3 is 14.9 Å². The zero-order valence-electron chi connectivity index (χ0n) is 22.2. The van der Waals surface area contributed by atoms with Gasteiger partial charge in [-0.05, 0) is 106 Å². The molecule has 1 saturated heterocycles. The fraction of sp³-hybridized carbons (Fsp3) is 0.552. The molecule has 2 aromatic carbocycles. The van der Waals surface area contributed by atoms with Gasteiger partial charge in [0.1, 0.15) is 5.75 Å². The number of hydrogen-bond acceptors (Lipinski definition) is 4. The number of aliphatic carboxylic acids is 1. The Morgan fingerprint density at radius 2 is 1.68 bits per heavy atom. The number of carboxylic acid groups (broad SMARTS) is 1. The number of carbonyl (C=O) groups is 1. The molecule has 0 aliphatic carbocycles. The van der Waals surface area contributed by atoms with Crippen LogP contribution in [0.15, 0.2) is 36.4 Å². The van der Waals surface area contributed by atoms with Gasteiger partial charge in [0.15, 0.2) is 0 Å². The molecule has 4 rings (SSSR count). The molecular weight excluding hydrogens is 540 g/mol. The number of ether oxygens (including phenoxy) is 1. The average molecular weight is 574 g/mol. The molecule has 5 nitrogen and oxygen atoms in total. The van der Waals surface area contributed by atoms with Crippen molar-refractivity contribution in [3.63, 3.8) is 0 Å². The fourth-order valence-corrected chi connectivity index (χ4v) is 5.70. The third kappa shape index (κ3) is 6.74. The Morgan fingerprint density at radius 3 is 2.27 bits per heavy atom. The summed E-state index contributed by atoms with van der Waals surface area (Å²) in [4.78, 5) is 13.0. The summed E-state index contributed by atoms with van der Waals surface area (Å²) in [7, 11) is 0. The molecule has 11 heteroatoms. The van der Waals surface area contributed by atoms with E-state index in [9.17, 15) is 41.4 Å². The van der Waals surface area contributed by atoms with E-state index in [1.807, 2.05) is 6.07 Å². The number of aryl methyl sites for hydroxylation is 1. The minimum Gasteiger partial charge on any atom is -0.490 e. The van der Waals surface area contributed by atoms with Gasteiger partial charge in [0.2, 0.25) is 0 Å². The lowest BCUT2D eigenvalue weighted by Crippen LogP contribution is -2.38. The predicted molar refractivity (Wildman–Crippen MR) is 135 cm³/mol. The molecule has 2 aromatic rings. The second kappa shape index (κ2) is 11.6. The van der Waals surface area contributed by atoms with Crippen LogP contribution in [-0.4, -0.2) is 40.3 Å². The lowest BCUT2D eigenvalue weighted by molar-refractivity contribution is -0.145. The molecule has 1 fully saturated rings. The first kappa shape index (κ1) is 30.2. The minimum absolute atomic E-state index is 0.105. The van der Waals surface area contributed by atoms with Gasteiger partial charge in [0.05, 0.1) is 29.3 Å². The van der Waals surface area contributed by atoms with Crippen molar-refractivity contribution in [2.75, 3.05) is 13.1 Å². The molecule has 0 radical (unpaired) electrons. The van der Waals surface area contributed by atoms with Crippen LogP contribution in [0.1, 0.15) is 79.5 Å². The fourth-order valence-electron chi connectivity index (χ4n) is 5.70. The quantitative estimate of drug-likeness (QED) is 0.348. The smallest absolute Gasteiger partial charge is 0.416 e. The van der Waals surface area contributed by atoms with Crippen LogP contribution < -0.4 is 4.74 Å². The van der Waals surface area contributed by atoms with E-state index in [1.165, 1.54) is 13.8 Å². The molecule has 1 unspecified atom stereocenters. The number of rotatable bonds is 7. The van der Waals surface area contributed by atoms with Gasteiger partial charge in [-0.3, -0.25) is 9.69 Å². The molecule has 2 heterocycles. The molecule has 2 N–H and O–H groups in total. The minimum atomic E-state index is -4.76. The number of aliphatic hydroxyl groups is 1. The highest BCUT2D eigenvalue weighted by molar-refractivity contribution is 5.70. The second-order valence-electron chi connectivity index (χ2n) is 10.9. The first-order valence-electron chi connectivity index (χ1n) is 13.4. The molecular formula is C29H33F6NO4. The number of hydrogen-bond donors (Lipinski definition) is 2. The van der Waals surface area contributed by atoms with Crippen molar-refractivity contribution in [1.82, 2.24) is 4.90 Å². The topological polar surface area (TPSA) is 70.0 Å². The number of likely N-dealkylation sites (tertiary alicyclic amines) is 1. The number of piperidine rings is 1. The van der Waals surface area contributed by atoms with Crippen LogP contribution in [0.2, 0.25) is 0 Å². The Morgan fingerprint density at radius 1 is 1.00 bits per heavy atom. The summed E-state index contributed by atoms with van der Waals surface area (Å²) in [5.74, 6) is -1.24. The van der Waals surface area contributed by atoms with Crippen molar-refractivity contribution in [2.45, 2.75) is 76.6 Å². The molecule has 0 amide bonds. The maximum Gasteiger partial charge on any atom is 0.416 e. The zero-order valence-corrected chi connectivity index (χ0v) is 22.2. The number of benzene rings is 2. The molecule has 2 aliphatic heterocycles. The number of carboxylic acids is 1. The highest BCUT2D eigenvalue weighted by Crippen LogP contribution is 2.41. The summed E-state index contributed by atoms with van der Waals surface area (Å²) < 4.78 is 86.8. The van der Waals surface area contributed by atoms with Gasteiger partial charge in [0.25, 0.3) is 0 Å². The van der Waals surface area contributed by atoms with E-state index < -0.39 is 47.5 Å². The number of fused-ring (bicyclic) bond motifs is 1. The Hall–Kier alpha value is -2.79. The van der Waals surface area contributed by atoms with E-state index in [0.29, 0.717) is 55.4 Å². The average Bonchev–Trinajstić information content (AvgIpc) is 2.90. The summed E-state index contributed by atoms with van der Waals surface area (Å²) in [6, 6.07) is 6.00. The van der Waals surface area contributed by atoms with Crippen LogP contribution >= 0.6 is 0 Å². The molecule has 0 bridgehead atoms. The summed E-state index contributed by atoms with van der Waals surface area (Å²) in [6.07, 6.45) is -7.18. The lowest BCUT2D eigenvalue weighted by atomic mass is 9.86. The molecule has 0 spiro atoms. The first-order chi connectivity index (χ1) is 18.6. The molecule has 220 valence electrons. The highest BCUT2D eigenvalue weighted by Gasteiger charge is 2.39. The Kier molecular flexibility index (Phi) is 8.75. The molecule has 40 heavy (non-hydrogen) atoms. The predicted octanol–water partition coefficient (Wildman–Crippen LogP) is 7.04. The monoisotopic (exact) mass is 573 g/mol. The largest absolute Gasteiger partial charge is 0.490 e. The summed E-state index contributed by atoms with van der Waals surface area (Å²) in [5.41, 5.74) is -1.08. The van der Waals surface area contributed by atoms with E-state index in [-0.39, 0.29) is 17.6 Å². The van der Waals surface area contributed by atoms with Crippen molar-refractivity contribution in [3.8, 4) is 5.75 Å². The summed E-state index contributed by atoms with van der Waals surface area (Å²) in [6.45, 7) is 3.85. The molecule has 4 atom stereocenters. The van der Waals surface area contributed by atoms with E-state index >= 15 is 0 Å². The standard InChI is InChI=1S/C29H33F6NO4/c1-16(27(38)39)26(37)20-4-3-19-5-7-22(40-25(19)14-20)13-18-9-11-36(12-10-18)17(2)23-15-21(28(30,31)32)6-8-24(23)29(33,34)35/h3-4,6,8,14-18,22,26,37H,5,7,9-13H2,1-2H3,(H,38,39)/t16-,17+,22?,26+/m0/s1. The van der Waals surface area contributed by atoms with Crippen molar-refractivity contribution >= 4 is 5.97 Å². The molecule has 2 aliphatic rings. The summed E-state index contributed by atoms with van der Waals surface area (Å²) >= 11 is 0. The first-order valence-corrected chi connectivity index (χ1v) is 13.4. The van der Waals surface area contributed by atoms with Crippen molar-refractivity contribution in [1.29, 1.82) is 0 Å². The van der Waals surface area contributed by atoms with Crippen LogP contribution in [-0.2, 0) is 23.6 Å². The maximum atomic E-state index is 13.6. The van der Waals surface area contributed by atoms with Gasteiger partial charge >= 0.3 is 18.3 Å². The normalized spacial score (nSPS) is 21.3. The van der Waals surface area contributed by atoms with Crippen LogP contribution in [0, 0.1) is 11.8 Å². The van der Waals surface area contributed by atoms with E-state index in [4.69, 9.17) is 4.74 Å². The van der Waals surface area contributed by atoms with Gasteiger partial charge in [-0.2, -0.15) is 26.3 Å². The van der Waals surface area contributed by atoms with Crippen LogP contribution in [0.3, 0.4) is 0 Å². The maximum absolute atomic E-state index is 13.6. The Balaban J connectivity index is 1.39. The highest BCUT2D eigenvalue weighted by atomic mass is 19.4. The third-order valence-electron chi connectivity index (χ3n) is 8.25. The van der Waals surface area contributed by atoms with E-state index in [2.05, 4.69) is 0 Å². The van der Waals surface area contributed by atoms with Gasteiger partial charge in [-0.25, -0.2) is 0 Å². The van der Waals surface area contributed by atoms with Crippen LogP contribution in [0.4, 0.5) is 26.3 Å². The Bertz CT molecular complexity index is 1210. The summed E-state index contributed by atoms with van der Waals surface area (Å²) in [5, 5.41) is 19.6. The lowest BCUT2D eigenvalue weighted by Gasteiger charge is -2.38. The van der Waals surface area contributed by atoms with Gasteiger partial charge in [0, 0.05) is 6.04 Å². The Labute approximate surface area is 228 Å². The van der Waals surface area contributed by atoms with Gasteiger partial charge in [-0.15, -0.1) is 0 Å². The van der Waals surface area contributed by atoms with E-state index in [1.54, 1.807) is 17.0 Å². The SMILES string of the molecule is C[C@H](C(=O)O)[C@@H](O)c1ccc2c(c1)OC(CC1CCN([C@H](C)c3cc(C(F)(F)F)ccc3C(F)(F)F)CC1)CC2. The number of alkyl halides is 6. The zero-order chi connectivity index (χ0) is 29.4. The third-order valence-corrected chi connectivity index (χ3v) is 8.25. The number of aliphatic hydroxyl groups excluding tert-OH is 1. The second-order valence-corrected chi connectivity index (χ2v) is 10.9. The van der Waals surface area contributed by atoms with Crippen LogP contribution in [0.25, 0.3) is 0 Å². The van der Waals surface area contributed by atoms with Crippen molar-refractivity contribution in [2.24, 2.45) is 11.8 Å². The van der Waals surface area contributed by atoms with E-state index in [0.717, 1.165) is 24.8 Å². The van der Waals surface area contributed by atoms with Gasteiger partial charge in [-0.1, -0.05) is 12.1 Å². The number of nitrogens with zero attached hydrogens (tertiary/aromatic N) is 1. The molecule has 0 aromatic heterocycles. The van der Waals surface area contributed by atoms with Crippen LogP contribution in [0.5, 0.6) is 5.75 Å². The van der Waals surface area contributed by atoms with Crippen molar-refractivity contribution in [3.05, 3.63) is 64.2 Å². The van der Waals surface area contributed by atoms with Crippen molar-refractivity contribution < 1.29 is 46.1 Å².